The van der Waals surface area contributed by atoms with Crippen molar-refractivity contribution in [2.45, 2.75) is 35.6 Å². The second-order valence-electron chi connectivity index (χ2n) is 4.72. The van der Waals surface area contributed by atoms with Gasteiger partial charge in [0.05, 0.1) is 6.42 Å². The van der Waals surface area contributed by atoms with Crippen LogP contribution in [0.15, 0.2) is 23.1 Å². The maximum atomic E-state index is 13.7. The first-order valence-corrected chi connectivity index (χ1v) is 8.78. The van der Waals surface area contributed by atoms with E-state index < -0.39 is 55.0 Å². The number of hydrogen-bond donors (Lipinski definition) is 0. The number of para-hydroxylation sites is 1. The minimum atomic E-state index is -5.06. The van der Waals surface area contributed by atoms with Gasteiger partial charge in [0.2, 0.25) is 5.60 Å². The highest BCUT2D eigenvalue weighted by Crippen LogP contribution is 2.54. The first kappa shape index (κ1) is 18.2. The molecular formula is C12H9Cl2F3O5S. The zero-order chi connectivity index (χ0) is 17.6. The minimum absolute atomic E-state index is 0.682. The molecule has 11 heteroatoms. The molecule has 0 aromatic heterocycles. The summed E-state index contributed by atoms with van der Waals surface area (Å²) in [5.74, 6) is -1.90. The average Bonchev–Trinajstić information content (AvgIpc) is 2.34. The lowest BCUT2D eigenvalue weighted by Gasteiger charge is -2.41. The minimum Gasteiger partial charge on any atom is -0.473 e. The molecule has 1 aromatic carbocycles. The van der Waals surface area contributed by atoms with Crippen LogP contribution in [0.2, 0.25) is 0 Å². The molecule has 5 nitrogen and oxygen atoms in total. The largest absolute Gasteiger partial charge is 0.473 e. The van der Waals surface area contributed by atoms with E-state index in [2.05, 4.69) is 4.74 Å². The maximum Gasteiger partial charge on any atom is 0.433 e. The molecule has 1 heterocycles. The molecule has 1 aliphatic rings. The third-order valence-electron chi connectivity index (χ3n) is 3.15. The zero-order valence-electron chi connectivity index (χ0n) is 11.4. The van der Waals surface area contributed by atoms with Crippen molar-refractivity contribution < 1.29 is 35.9 Å². The van der Waals surface area contributed by atoms with Crippen molar-refractivity contribution in [3.05, 3.63) is 23.8 Å². The van der Waals surface area contributed by atoms with Crippen LogP contribution in [0, 0.1) is 0 Å². The van der Waals surface area contributed by atoms with Gasteiger partial charge < -0.3 is 9.47 Å². The lowest BCUT2D eigenvalue weighted by Crippen LogP contribution is -2.50. The van der Waals surface area contributed by atoms with Crippen LogP contribution in [0.25, 0.3) is 0 Å². The number of benzene rings is 1. The zero-order valence-corrected chi connectivity index (χ0v) is 13.7. The molecule has 128 valence electrons. The van der Waals surface area contributed by atoms with Crippen molar-refractivity contribution in [1.82, 2.24) is 0 Å². The summed E-state index contributed by atoms with van der Waals surface area (Å²) in [4.78, 5) is 10.5. The van der Waals surface area contributed by atoms with Crippen molar-refractivity contribution in [2.24, 2.45) is 0 Å². The van der Waals surface area contributed by atoms with E-state index in [1.165, 1.54) is 0 Å². The molecular weight excluding hydrogens is 384 g/mol. The number of halogens is 5. The molecule has 0 radical (unpaired) electrons. The Balaban J connectivity index is 2.83. The number of fused-ring (bicyclic) bond motifs is 1. The van der Waals surface area contributed by atoms with Crippen LogP contribution in [0.5, 0.6) is 5.75 Å². The van der Waals surface area contributed by atoms with Gasteiger partial charge >= 0.3 is 12.1 Å². The first-order valence-electron chi connectivity index (χ1n) is 6.03. The van der Waals surface area contributed by atoms with Crippen LogP contribution in [-0.2, 0) is 24.2 Å². The summed E-state index contributed by atoms with van der Waals surface area (Å²) in [6, 6.07) is 2.95. The van der Waals surface area contributed by atoms with Gasteiger partial charge in [-0.25, -0.2) is 8.42 Å². The highest BCUT2D eigenvalue weighted by atomic mass is 35.7. The van der Waals surface area contributed by atoms with Crippen LogP contribution < -0.4 is 4.74 Å². The smallest absolute Gasteiger partial charge is 0.433 e. The molecule has 2 atom stereocenters. The standard InChI is InChI=1S/C12H9Cl2F3O5S/c1-6(18)22-11(12(15,16)17)5-9(13)21-10-7(11)3-2-4-8(10)23(14,19)20/h2-4,9H,5H2,1H3. The van der Waals surface area contributed by atoms with Gasteiger partial charge in [0.1, 0.15) is 10.6 Å². The number of carbonyl (C=O) groups excluding carboxylic acids is 1. The van der Waals surface area contributed by atoms with Crippen molar-refractivity contribution in [1.29, 1.82) is 0 Å². The van der Waals surface area contributed by atoms with Crippen molar-refractivity contribution >= 4 is 37.3 Å². The van der Waals surface area contributed by atoms with Gasteiger partial charge in [0.25, 0.3) is 9.05 Å². The molecule has 2 unspecified atom stereocenters. The van der Waals surface area contributed by atoms with E-state index in [4.69, 9.17) is 27.0 Å². The third kappa shape index (κ3) is 3.22. The Hall–Kier alpha value is -1.19. The van der Waals surface area contributed by atoms with Crippen molar-refractivity contribution in [3.63, 3.8) is 0 Å². The molecule has 0 bridgehead atoms. The number of esters is 1. The third-order valence-corrected chi connectivity index (χ3v) is 4.74. The van der Waals surface area contributed by atoms with Crippen LogP contribution in [-0.4, -0.2) is 26.1 Å². The van der Waals surface area contributed by atoms with Crippen LogP contribution in [0.4, 0.5) is 13.2 Å². The van der Waals surface area contributed by atoms with Gasteiger partial charge in [-0.15, -0.1) is 0 Å². The molecule has 23 heavy (non-hydrogen) atoms. The molecule has 0 aliphatic carbocycles. The highest BCUT2D eigenvalue weighted by molar-refractivity contribution is 8.13. The molecule has 1 aliphatic heterocycles. The lowest BCUT2D eigenvalue weighted by atomic mass is 9.87. The van der Waals surface area contributed by atoms with E-state index in [0.29, 0.717) is 0 Å². The van der Waals surface area contributed by atoms with E-state index >= 15 is 0 Å². The Morgan fingerprint density at radius 3 is 2.52 bits per heavy atom. The fourth-order valence-electron chi connectivity index (χ4n) is 2.32. The topological polar surface area (TPSA) is 69.7 Å². The monoisotopic (exact) mass is 392 g/mol. The number of hydrogen-bond acceptors (Lipinski definition) is 5. The normalized spacial score (nSPS) is 24.5. The van der Waals surface area contributed by atoms with E-state index in [-0.39, 0.29) is 0 Å². The van der Waals surface area contributed by atoms with Crippen LogP contribution >= 0.6 is 22.3 Å². The lowest BCUT2D eigenvalue weighted by molar-refractivity contribution is -0.284. The molecule has 1 aromatic rings. The van der Waals surface area contributed by atoms with Crippen molar-refractivity contribution in [3.8, 4) is 5.75 Å². The summed E-state index contributed by atoms with van der Waals surface area (Å²) in [7, 11) is 0.805. The van der Waals surface area contributed by atoms with Crippen LogP contribution in [0.3, 0.4) is 0 Å². The Morgan fingerprint density at radius 2 is 2.04 bits per heavy atom. The Morgan fingerprint density at radius 1 is 1.43 bits per heavy atom. The fraction of sp³-hybridized carbons (Fsp3) is 0.417. The maximum absolute atomic E-state index is 13.7. The molecule has 0 N–H and O–H groups in total. The van der Waals surface area contributed by atoms with Gasteiger partial charge in [-0.05, 0) is 6.07 Å². The molecule has 0 fully saturated rings. The summed E-state index contributed by atoms with van der Waals surface area (Å²) in [5, 5.41) is 0. The average molecular weight is 393 g/mol. The number of carbonyl (C=O) groups is 1. The summed E-state index contributed by atoms with van der Waals surface area (Å²) in [5.41, 5.74) is -5.39. The summed E-state index contributed by atoms with van der Waals surface area (Å²) >= 11 is 5.69. The Kier molecular flexibility index (Phi) is 4.51. The highest BCUT2D eigenvalue weighted by Gasteiger charge is 2.63. The molecule has 0 spiro atoms. The Labute approximate surface area is 138 Å². The molecule has 0 saturated heterocycles. The first-order chi connectivity index (χ1) is 10.4. The van der Waals surface area contributed by atoms with Gasteiger partial charge in [-0.2, -0.15) is 13.2 Å². The second kappa shape index (κ2) is 5.71. The van der Waals surface area contributed by atoms with E-state index in [1.54, 1.807) is 0 Å². The fourth-order valence-corrected chi connectivity index (χ4v) is 3.61. The summed E-state index contributed by atoms with van der Waals surface area (Å²) in [6.07, 6.45) is -5.99. The van der Waals surface area contributed by atoms with Gasteiger partial charge in [0.15, 0.2) is 5.56 Å². The second-order valence-corrected chi connectivity index (χ2v) is 7.74. The number of alkyl halides is 4. The molecule has 2 rings (SSSR count). The quantitative estimate of drug-likeness (QED) is 0.438. The van der Waals surface area contributed by atoms with E-state index in [1.807, 2.05) is 0 Å². The van der Waals surface area contributed by atoms with Gasteiger partial charge in [-0.1, -0.05) is 23.7 Å². The van der Waals surface area contributed by atoms with E-state index in [0.717, 1.165) is 25.1 Å². The summed E-state index contributed by atoms with van der Waals surface area (Å²) in [6.45, 7) is 0.800. The predicted octanol–water partition coefficient (Wildman–Crippen LogP) is 3.28. The van der Waals surface area contributed by atoms with E-state index in [9.17, 15) is 26.4 Å². The number of ether oxygens (including phenoxy) is 2. The van der Waals surface area contributed by atoms with Gasteiger partial charge in [0, 0.05) is 23.2 Å². The summed E-state index contributed by atoms with van der Waals surface area (Å²) < 4.78 is 73.7. The van der Waals surface area contributed by atoms with Crippen molar-refractivity contribution in [2.75, 3.05) is 0 Å². The molecule has 0 saturated carbocycles. The molecule has 0 amide bonds. The van der Waals surface area contributed by atoms with Gasteiger partial charge in [-0.3, -0.25) is 4.79 Å². The Bertz CT molecular complexity index is 750. The number of rotatable bonds is 2. The predicted molar refractivity (Wildman–Crippen MR) is 73.9 cm³/mol. The SMILES string of the molecule is CC(=O)OC1(C(F)(F)F)CC(Cl)Oc2c1cccc2S(=O)(=O)Cl. The van der Waals surface area contributed by atoms with Crippen LogP contribution in [0.1, 0.15) is 18.9 Å².